The molecule has 10 atom stereocenters. The molecule has 0 aromatic carbocycles. The molecule has 0 radical (unpaired) electrons. The number of likely N-dealkylation sites (N-methyl/N-ethyl adjacent to an activating group) is 2. The highest BCUT2D eigenvalue weighted by molar-refractivity contribution is 5.78. The molecule has 1 amide bonds. The molecule has 2 aliphatic heterocycles. The van der Waals surface area contributed by atoms with Crippen LogP contribution in [0, 0.1) is 5.82 Å². The van der Waals surface area contributed by atoms with E-state index in [1.54, 1.807) is 21.0 Å². The van der Waals surface area contributed by atoms with Gasteiger partial charge in [-0.2, -0.15) is 0 Å². The van der Waals surface area contributed by atoms with Gasteiger partial charge in [0.25, 0.3) is 0 Å². The van der Waals surface area contributed by atoms with Crippen molar-refractivity contribution in [2.75, 3.05) is 14.1 Å². The van der Waals surface area contributed by atoms with E-state index in [9.17, 15) is 29.6 Å². The van der Waals surface area contributed by atoms with Gasteiger partial charge in [-0.1, -0.05) is 0 Å². The first kappa shape index (κ1) is 25.1. The molecule has 190 valence electrons. The van der Waals surface area contributed by atoms with Crippen molar-refractivity contribution in [3.8, 4) is 5.75 Å². The number of carbonyl (C=O) groups is 1. The van der Waals surface area contributed by atoms with Gasteiger partial charge in [-0.15, -0.1) is 0 Å². The van der Waals surface area contributed by atoms with E-state index in [2.05, 4.69) is 20.9 Å². The highest BCUT2D eigenvalue weighted by Gasteiger charge is 2.63. The second kappa shape index (κ2) is 9.59. The van der Waals surface area contributed by atoms with Crippen LogP contribution in [0.3, 0.4) is 0 Å². The van der Waals surface area contributed by atoms with Crippen LogP contribution in [0.2, 0.25) is 0 Å². The van der Waals surface area contributed by atoms with Gasteiger partial charge in [-0.25, -0.2) is 4.39 Å². The van der Waals surface area contributed by atoms with E-state index >= 15 is 0 Å². The number of aliphatic hydroxyl groups excluding tert-OH is 2. The van der Waals surface area contributed by atoms with Gasteiger partial charge in [0.05, 0.1) is 48.6 Å². The molecule has 7 N–H and O–H groups in total. The quantitative estimate of drug-likeness (QED) is 0.234. The van der Waals surface area contributed by atoms with Gasteiger partial charge in [0.15, 0.2) is 0 Å². The third-order valence-electron chi connectivity index (χ3n) is 6.72. The number of carbonyl (C=O) groups excluding carboxylic acids is 1. The molecule has 3 fully saturated rings. The van der Waals surface area contributed by atoms with E-state index in [1.165, 1.54) is 0 Å². The second-order valence-corrected chi connectivity index (χ2v) is 8.98. The minimum absolute atomic E-state index is 0.152. The Hall–Kier alpha value is -1.97. The molecule has 34 heavy (non-hydrogen) atoms. The molecule has 12 nitrogen and oxygen atoms in total. The van der Waals surface area contributed by atoms with Crippen LogP contribution in [-0.4, -0.2) is 106 Å². The summed E-state index contributed by atoms with van der Waals surface area (Å²) in [5, 5.41) is 50.8. The van der Waals surface area contributed by atoms with Gasteiger partial charge >= 0.3 is 0 Å². The van der Waals surface area contributed by atoms with Gasteiger partial charge < -0.3 is 50.6 Å². The normalized spacial score (nSPS) is 41.9. The highest BCUT2D eigenvalue weighted by atomic mass is 19.1. The Kier molecular flexibility index (Phi) is 7.09. The van der Waals surface area contributed by atoms with Crippen molar-refractivity contribution in [3.05, 3.63) is 23.8 Å². The number of fused-ring (bicyclic) bond motifs is 2. The first-order valence-corrected chi connectivity index (χ1v) is 11.1. The van der Waals surface area contributed by atoms with Crippen molar-refractivity contribution in [3.63, 3.8) is 0 Å². The van der Waals surface area contributed by atoms with Crippen LogP contribution >= 0.6 is 0 Å². The van der Waals surface area contributed by atoms with Gasteiger partial charge in [0, 0.05) is 6.07 Å². The smallest absolute Gasteiger partial charge is 0.239 e. The van der Waals surface area contributed by atoms with E-state index in [0.717, 1.165) is 12.3 Å². The van der Waals surface area contributed by atoms with Crippen LogP contribution in [0.15, 0.2) is 12.3 Å². The molecule has 3 heterocycles. The van der Waals surface area contributed by atoms with Crippen molar-refractivity contribution in [1.82, 2.24) is 20.9 Å². The Morgan fingerprint density at radius 3 is 2.56 bits per heavy atom. The van der Waals surface area contributed by atoms with Crippen LogP contribution in [-0.2, 0) is 25.4 Å². The van der Waals surface area contributed by atoms with E-state index in [1.807, 2.05) is 0 Å². The Bertz CT molecular complexity index is 912. The fourth-order valence-corrected chi connectivity index (χ4v) is 5.00. The summed E-state index contributed by atoms with van der Waals surface area (Å²) in [5.74, 6) is -3.99. The van der Waals surface area contributed by atoms with Crippen LogP contribution < -0.4 is 16.0 Å². The SMILES string of the molecule is CN[C@@H]1[C@H](O)[C@H](NC)[C@H]2O[C@]3(O)[C@H](O[C@@H]2[C@H]1O)O[C@H](C)C[C@H]3NC(=O)Cc1ncc(O)cc1F. The third-order valence-corrected chi connectivity index (χ3v) is 6.72. The van der Waals surface area contributed by atoms with Crippen LogP contribution in [0.5, 0.6) is 5.75 Å². The summed E-state index contributed by atoms with van der Waals surface area (Å²) in [7, 11) is 3.20. The molecule has 13 heteroatoms. The minimum Gasteiger partial charge on any atom is -0.506 e. The van der Waals surface area contributed by atoms with Crippen molar-refractivity contribution in [2.45, 2.75) is 80.5 Å². The molecule has 4 rings (SSSR count). The summed E-state index contributed by atoms with van der Waals surface area (Å²) >= 11 is 0. The monoisotopic (exact) mass is 486 g/mol. The standard InChI is InChI=1S/C21H31FN4O8/c1-8-4-12(26-13(28)6-11-10(22)5-9(27)7-25-11)21(31)20(32-8)33-19-17(30)14(23-2)16(29)15(24-3)18(19)34-21/h5,7-8,12,14-20,23-24,27,29-31H,4,6H2,1-3H3,(H,26,28)/t8-,12-,14-,15+,16+,17+,18-,19-,20+,21+/m1/s1. The summed E-state index contributed by atoms with van der Waals surface area (Å²) < 4.78 is 31.8. The van der Waals surface area contributed by atoms with Crippen LogP contribution in [0.25, 0.3) is 0 Å². The number of nitrogens with zero attached hydrogens (tertiary/aromatic N) is 1. The molecule has 2 saturated heterocycles. The average molecular weight is 486 g/mol. The zero-order valence-corrected chi connectivity index (χ0v) is 19.0. The van der Waals surface area contributed by atoms with Gasteiger partial charge in [0.1, 0.15) is 29.9 Å². The number of ether oxygens (including phenoxy) is 3. The summed E-state index contributed by atoms with van der Waals surface area (Å²) in [6.07, 6.45) is -5.22. The molecular formula is C21H31FN4O8. The second-order valence-electron chi connectivity index (χ2n) is 8.98. The number of hydrogen-bond donors (Lipinski definition) is 7. The van der Waals surface area contributed by atoms with Crippen molar-refractivity contribution in [1.29, 1.82) is 0 Å². The van der Waals surface area contributed by atoms with Crippen molar-refractivity contribution >= 4 is 5.91 Å². The predicted molar refractivity (Wildman–Crippen MR) is 113 cm³/mol. The third kappa shape index (κ3) is 4.38. The lowest BCUT2D eigenvalue weighted by Gasteiger charge is -2.58. The van der Waals surface area contributed by atoms with Crippen LogP contribution in [0.4, 0.5) is 4.39 Å². The minimum atomic E-state index is -2.15. The highest BCUT2D eigenvalue weighted by Crippen LogP contribution is 2.42. The molecule has 1 saturated carbocycles. The fraction of sp³-hybridized carbons (Fsp3) is 0.714. The lowest BCUT2D eigenvalue weighted by atomic mass is 9.79. The largest absolute Gasteiger partial charge is 0.506 e. The van der Waals surface area contributed by atoms with Crippen LogP contribution in [0.1, 0.15) is 19.0 Å². The number of aliphatic hydroxyl groups is 3. The van der Waals surface area contributed by atoms with E-state index in [4.69, 9.17) is 14.2 Å². The lowest BCUT2D eigenvalue weighted by molar-refractivity contribution is -0.449. The summed E-state index contributed by atoms with van der Waals surface area (Å²) in [5.41, 5.74) is -0.174. The van der Waals surface area contributed by atoms with Gasteiger partial charge in [0.2, 0.25) is 18.0 Å². The van der Waals surface area contributed by atoms with Crippen molar-refractivity contribution < 1.29 is 43.8 Å². The Labute approximate surface area is 195 Å². The maximum absolute atomic E-state index is 14.0. The first-order chi connectivity index (χ1) is 16.1. The number of halogens is 1. The number of nitrogens with one attached hydrogen (secondary N) is 3. The van der Waals surface area contributed by atoms with E-state index < -0.39 is 78.9 Å². The number of aromatic hydroxyl groups is 1. The molecule has 1 aromatic rings. The topological polar surface area (TPSA) is 175 Å². The number of rotatable bonds is 5. The molecule has 1 aromatic heterocycles. The molecule has 0 unspecified atom stereocenters. The molecular weight excluding hydrogens is 455 g/mol. The predicted octanol–water partition coefficient (Wildman–Crippen LogP) is -2.53. The number of pyridine rings is 1. The molecule has 3 aliphatic rings. The summed E-state index contributed by atoms with van der Waals surface area (Å²) in [4.78, 5) is 16.4. The number of amides is 1. The Morgan fingerprint density at radius 2 is 1.91 bits per heavy atom. The number of aromatic nitrogens is 1. The zero-order chi connectivity index (χ0) is 24.8. The average Bonchev–Trinajstić information content (AvgIpc) is 2.76. The fourth-order valence-electron chi connectivity index (χ4n) is 5.00. The summed E-state index contributed by atoms with van der Waals surface area (Å²) in [6, 6.07) is -1.60. The van der Waals surface area contributed by atoms with Gasteiger partial charge in [-0.05, 0) is 27.4 Å². The lowest BCUT2D eigenvalue weighted by Crippen LogP contribution is -2.79. The maximum Gasteiger partial charge on any atom is 0.239 e. The zero-order valence-electron chi connectivity index (χ0n) is 19.0. The molecule has 0 bridgehead atoms. The van der Waals surface area contributed by atoms with E-state index in [-0.39, 0.29) is 17.9 Å². The van der Waals surface area contributed by atoms with E-state index in [0.29, 0.717) is 0 Å². The molecule has 1 aliphatic carbocycles. The Balaban J connectivity index is 1.56. The van der Waals surface area contributed by atoms with Gasteiger partial charge in [-0.3, -0.25) is 9.78 Å². The molecule has 0 spiro atoms. The number of hydrogen-bond acceptors (Lipinski definition) is 11. The Morgan fingerprint density at radius 1 is 1.21 bits per heavy atom. The van der Waals surface area contributed by atoms with Crippen molar-refractivity contribution in [2.24, 2.45) is 0 Å². The first-order valence-electron chi connectivity index (χ1n) is 11.1. The summed E-state index contributed by atoms with van der Waals surface area (Å²) in [6.45, 7) is 1.73. The maximum atomic E-state index is 14.0.